The predicted octanol–water partition coefficient (Wildman–Crippen LogP) is 1.85. The SMILES string of the molecule is CCOCC(NC(=O)N1CCCC1)C(C)C. The maximum atomic E-state index is 11.9. The summed E-state index contributed by atoms with van der Waals surface area (Å²) in [6, 6.07) is 0.184. The Labute approximate surface area is 98.3 Å². The molecule has 1 N–H and O–H groups in total. The first-order valence-corrected chi connectivity index (χ1v) is 6.28. The summed E-state index contributed by atoms with van der Waals surface area (Å²) in [5, 5.41) is 3.06. The van der Waals surface area contributed by atoms with Crippen molar-refractivity contribution in [2.24, 2.45) is 5.92 Å². The van der Waals surface area contributed by atoms with E-state index in [2.05, 4.69) is 19.2 Å². The van der Waals surface area contributed by atoms with Gasteiger partial charge in [-0.25, -0.2) is 4.79 Å². The van der Waals surface area contributed by atoms with Crippen LogP contribution in [0.25, 0.3) is 0 Å². The summed E-state index contributed by atoms with van der Waals surface area (Å²) in [6.45, 7) is 9.27. The van der Waals surface area contributed by atoms with Gasteiger partial charge >= 0.3 is 6.03 Å². The highest BCUT2D eigenvalue weighted by molar-refractivity contribution is 5.74. The normalized spacial score (nSPS) is 17.9. The van der Waals surface area contributed by atoms with Crippen LogP contribution in [0.2, 0.25) is 0 Å². The number of hydrogen-bond donors (Lipinski definition) is 1. The number of urea groups is 1. The van der Waals surface area contributed by atoms with E-state index in [0.29, 0.717) is 19.1 Å². The standard InChI is InChI=1S/C12H24N2O2/c1-4-16-9-11(10(2)3)13-12(15)14-7-5-6-8-14/h10-11H,4-9H2,1-3H3,(H,13,15). The van der Waals surface area contributed by atoms with Gasteiger partial charge in [0.05, 0.1) is 12.6 Å². The zero-order chi connectivity index (χ0) is 12.0. The topological polar surface area (TPSA) is 41.6 Å². The fourth-order valence-corrected chi connectivity index (χ4v) is 1.82. The molecule has 0 aliphatic carbocycles. The molecule has 0 spiro atoms. The Hall–Kier alpha value is -0.770. The number of rotatable bonds is 5. The van der Waals surface area contributed by atoms with Crippen molar-refractivity contribution in [3.05, 3.63) is 0 Å². The van der Waals surface area contributed by atoms with Crippen molar-refractivity contribution in [1.82, 2.24) is 10.2 Å². The van der Waals surface area contributed by atoms with Gasteiger partial charge in [-0.3, -0.25) is 0 Å². The molecule has 4 nitrogen and oxygen atoms in total. The number of hydrogen-bond acceptors (Lipinski definition) is 2. The Morgan fingerprint density at radius 1 is 1.38 bits per heavy atom. The third kappa shape index (κ3) is 4.00. The van der Waals surface area contributed by atoms with Gasteiger partial charge in [-0.2, -0.15) is 0 Å². The maximum absolute atomic E-state index is 11.9. The minimum Gasteiger partial charge on any atom is -0.380 e. The van der Waals surface area contributed by atoms with Crippen LogP contribution >= 0.6 is 0 Å². The second kappa shape index (κ2) is 6.74. The number of nitrogens with one attached hydrogen (secondary N) is 1. The van der Waals surface area contributed by atoms with Gasteiger partial charge in [0.25, 0.3) is 0 Å². The third-order valence-corrected chi connectivity index (χ3v) is 3.01. The molecule has 1 unspecified atom stereocenters. The monoisotopic (exact) mass is 228 g/mol. The van der Waals surface area contributed by atoms with Crippen molar-refractivity contribution in [3.63, 3.8) is 0 Å². The van der Waals surface area contributed by atoms with Crippen molar-refractivity contribution < 1.29 is 9.53 Å². The van der Waals surface area contributed by atoms with E-state index in [1.54, 1.807) is 0 Å². The average Bonchev–Trinajstić information content (AvgIpc) is 2.76. The second-order valence-corrected chi connectivity index (χ2v) is 4.65. The molecule has 94 valence electrons. The zero-order valence-electron chi connectivity index (χ0n) is 10.7. The summed E-state index contributed by atoms with van der Waals surface area (Å²) in [5.41, 5.74) is 0. The van der Waals surface area contributed by atoms with Crippen molar-refractivity contribution >= 4 is 6.03 Å². The van der Waals surface area contributed by atoms with Crippen molar-refractivity contribution in [1.29, 1.82) is 0 Å². The van der Waals surface area contributed by atoms with Crippen LogP contribution in [0.1, 0.15) is 33.6 Å². The van der Waals surface area contributed by atoms with Crippen LogP contribution in [-0.2, 0) is 4.74 Å². The number of nitrogens with zero attached hydrogens (tertiary/aromatic N) is 1. The molecule has 0 aromatic carbocycles. The van der Waals surface area contributed by atoms with Crippen LogP contribution in [0, 0.1) is 5.92 Å². The molecular weight excluding hydrogens is 204 g/mol. The molecule has 0 aromatic rings. The van der Waals surface area contributed by atoms with Crippen molar-refractivity contribution in [3.8, 4) is 0 Å². The summed E-state index contributed by atoms with van der Waals surface area (Å²) in [7, 11) is 0. The van der Waals surface area contributed by atoms with Gasteiger partial charge < -0.3 is 15.0 Å². The first-order valence-electron chi connectivity index (χ1n) is 6.28. The van der Waals surface area contributed by atoms with Crippen molar-refractivity contribution in [2.75, 3.05) is 26.3 Å². The number of carbonyl (C=O) groups excluding carboxylic acids is 1. The number of likely N-dealkylation sites (tertiary alicyclic amines) is 1. The van der Waals surface area contributed by atoms with E-state index < -0.39 is 0 Å². The first kappa shape index (κ1) is 13.3. The Morgan fingerprint density at radius 3 is 2.50 bits per heavy atom. The lowest BCUT2D eigenvalue weighted by molar-refractivity contribution is 0.107. The Morgan fingerprint density at radius 2 is 2.00 bits per heavy atom. The fourth-order valence-electron chi connectivity index (χ4n) is 1.82. The van der Waals surface area contributed by atoms with Gasteiger partial charge in [-0.1, -0.05) is 13.8 Å². The van der Waals surface area contributed by atoms with Gasteiger partial charge in [-0.05, 0) is 25.7 Å². The lowest BCUT2D eigenvalue weighted by Crippen LogP contribution is -2.47. The van der Waals surface area contributed by atoms with Gasteiger partial charge in [0.1, 0.15) is 0 Å². The van der Waals surface area contributed by atoms with E-state index in [0.717, 1.165) is 25.9 Å². The second-order valence-electron chi connectivity index (χ2n) is 4.65. The molecule has 2 amide bonds. The summed E-state index contributed by atoms with van der Waals surface area (Å²) in [4.78, 5) is 13.8. The average molecular weight is 228 g/mol. The lowest BCUT2D eigenvalue weighted by atomic mass is 10.1. The van der Waals surface area contributed by atoms with E-state index in [1.165, 1.54) is 0 Å². The van der Waals surface area contributed by atoms with Crippen molar-refractivity contribution in [2.45, 2.75) is 39.7 Å². The molecule has 0 aromatic heterocycles. The molecule has 0 bridgehead atoms. The Kier molecular flexibility index (Phi) is 5.60. The van der Waals surface area contributed by atoms with Gasteiger partial charge in [-0.15, -0.1) is 0 Å². The first-order chi connectivity index (χ1) is 7.65. The minimum absolute atomic E-state index is 0.0657. The van der Waals surface area contributed by atoms with Gasteiger partial charge in [0, 0.05) is 19.7 Å². The minimum atomic E-state index is 0.0657. The summed E-state index contributed by atoms with van der Waals surface area (Å²) in [6.07, 6.45) is 2.26. The largest absolute Gasteiger partial charge is 0.380 e. The molecule has 1 saturated heterocycles. The number of ether oxygens (including phenoxy) is 1. The predicted molar refractivity (Wildman–Crippen MR) is 64.5 cm³/mol. The molecule has 1 aliphatic heterocycles. The van der Waals surface area contributed by atoms with E-state index in [1.807, 2.05) is 11.8 Å². The quantitative estimate of drug-likeness (QED) is 0.780. The van der Waals surface area contributed by atoms with Crippen LogP contribution < -0.4 is 5.32 Å². The maximum Gasteiger partial charge on any atom is 0.317 e. The molecular formula is C12H24N2O2. The molecule has 16 heavy (non-hydrogen) atoms. The highest BCUT2D eigenvalue weighted by atomic mass is 16.5. The number of amides is 2. The smallest absolute Gasteiger partial charge is 0.317 e. The van der Waals surface area contributed by atoms with E-state index in [-0.39, 0.29) is 12.1 Å². The third-order valence-electron chi connectivity index (χ3n) is 3.01. The number of carbonyl (C=O) groups is 1. The van der Waals surface area contributed by atoms with Crippen LogP contribution in [0.5, 0.6) is 0 Å². The summed E-state index contributed by atoms with van der Waals surface area (Å²) < 4.78 is 5.39. The molecule has 4 heteroatoms. The van der Waals surface area contributed by atoms with Gasteiger partial charge in [0.15, 0.2) is 0 Å². The van der Waals surface area contributed by atoms with Crippen LogP contribution in [0.15, 0.2) is 0 Å². The van der Waals surface area contributed by atoms with Crippen LogP contribution in [-0.4, -0.2) is 43.3 Å². The highest BCUT2D eigenvalue weighted by Gasteiger charge is 2.22. The Balaban J connectivity index is 2.37. The van der Waals surface area contributed by atoms with Crippen LogP contribution in [0.4, 0.5) is 4.79 Å². The molecule has 1 atom stereocenters. The molecule has 0 radical (unpaired) electrons. The molecule has 0 saturated carbocycles. The van der Waals surface area contributed by atoms with E-state index >= 15 is 0 Å². The lowest BCUT2D eigenvalue weighted by Gasteiger charge is -2.25. The molecule has 1 fully saturated rings. The summed E-state index contributed by atoms with van der Waals surface area (Å²) in [5.74, 6) is 0.401. The molecule has 1 heterocycles. The molecule has 1 rings (SSSR count). The zero-order valence-corrected chi connectivity index (χ0v) is 10.7. The fraction of sp³-hybridized carbons (Fsp3) is 0.917. The van der Waals surface area contributed by atoms with E-state index in [9.17, 15) is 4.79 Å². The highest BCUT2D eigenvalue weighted by Crippen LogP contribution is 2.09. The van der Waals surface area contributed by atoms with Crippen LogP contribution in [0.3, 0.4) is 0 Å². The Bertz CT molecular complexity index is 213. The molecule has 1 aliphatic rings. The van der Waals surface area contributed by atoms with Gasteiger partial charge in [0.2, 0.25) is 0 Å². The van der Waals surface area contributed by atoms with E-state index in [4.69, 9.17) is 4.74 Å². The summed E-state index contributed by atoms with van der Waals surface area (Å²) >= 11 is 0.